The van der Waals surface area contributed by atoms with Crippen LogP contribution in [0.2, 0.25) is 0 Å². The molecule has 0 radical (unpaired) electrons. The molecule has 3 N–H and O–H groups in total. The van der Waals surface area contributed by atoms with Crippen LogP contribution in [-0.4, -0.2) is 112 Å². The van der Waals surface area contributed by atoms with Crippen molar-refractivity contribution in [1.82, 2.24) is 10.2 Å². The number of amides is 3. The molecule has 226 valence electrons. The summed E-state index contributed by atoms with van der Waals surface area (Å²) in [5.41, 5.74) is 5.43. The average molecular weight is 580 g/mol. The van der Waals surface area contributed by atoms with Crippen LogP contribution in [0.3, 0.4) is 0 Å². The maximum absolute atomic E-state index is 12.4. The van der Waals surface area contributed by atoms with Crippen molar-refractivity contribution in [3.63, 3.8) is 0 Å². The first kappa shape index (κ1) is 35.4. The van der Waals surface area contributed by atoms with Crippen LogP contribution >= 0.6 is 11.8 Å². The van der Waals surface area contributed by atoms with E-state index in [0.717, 1.165) is 19.3 Å². The van der Waals surface area contributed by atoms with Crippen molar-refractivity contribution >= 4 is 35.5 Å². The molecule has 1 fully saturated rings. The van der Waals surface area contributed by atoms with Crippen LogP contribution in [0.15, 0.2) is 0 Å². The lowest BCUT2D eigenvalue weighted by molar-refractivity contribution is -0.138. The number of hydrogen-bond donors (Lipinski definition) is 2. The molecule has 39 heavy (non-hydrogen) atoms. The van der Waals surface area contributed by atoms with E-state index in [1.807, 2.05) is 0 Å². The van der Waals surface area contributed by atoms with Crippen molar-refractivity contribution < 1.29 is 42.5 Å². The number of likely N-dealkylation sites (tertiary alicyclic amines) is 1. The van der Waals surface area contributed by atoms with Gasteiger partial charge in [-0.25, -0.2) is 0 Å². The summed E-state index contributed by atoms with van der Waals surface area (Å²) < 4.78 is 34.0. The van der Waals surface area contributed by atoms with Gasteiger partial charge in [0.15, 0.2) is 0 Å². The van der Waals surface area contributed by atoms with E-state index in [9.17, 15) is 23.6 Å². The van der Waals surface area contributed by atoms with Crippen LogP contribution < -0.4 is 11.1 Å². The largest absolute Gasteiger partial charge is 0.379 e. The standard InChI is InChI=1S/C26H46FN3O8S/c27-23(31)7-3-1-6-11-30-25(33)21-22(26(30)34)39-20-19-38-18-17-37-16-15-36-14-13-35-12-8-24(32)29-10-5-2-4-9-28/h22H,1-21,28H2,(H,29,32). The Balaban J connectivity index is 1.86. The highest BCUT2D eigenvalue weighted by atomic mass is 32.2. The summed E-state index contributed by atoms with van der Waals surface area (Å²) in [6, 6.07) is -1.33. The number of imide groups is 1. The van der Waals surface area contributed by atoms with Crippen LogP contribution in [0.4, 0.5) is 4.39 Å². The smallest absolute Gasteiger partial charge is 0.301 e. The lowest BCUT2D eigenvalue weighted by atomic mass is 10.2. The van der Waals surface area contributed by atoms with Crippen LogP contribution in [-0.2, 0) is 38.1 Å². The molecule has 11 nitrogen and oxygen atoms in total. The van der Waals surface area contributed by atoms with Crippen molar-refractivity contribution in [3.05, 3.63) is 0 Å². The number of nitrogens with two attached hydrogens (primary N) is 1. The topological polar surface area (TPSA) is 146 Å². The molecule has 0 spiro atoms. The molecule has 1 aliphatic heterocycles. The number of hydrogen-bond acceptors (Lipinski definition) is 10. The summed E-state index contributed by atoms with van der Waals surface area (Å²) in [4.78, 5) is 47.7. The van der Waals surface area contributed by atoms with Gasteiger partial charge in [-0.15, -0.1) is 11.8 Å². The minimum absolute atomic E-state index is 0.0123. The number of rotatable bonds is 27. The number of thioether (sulfide) groups is 1. The molecule has 0 aliphatic carbocycles. The summed E-state index contributed by atoms with van der Waals surface area (Å²) in [6.07, 6.45) is 4.93. The highest BCUT2D eigenvalue weighted by Crippen LogP contribution is 2.25. The Labute approximate surface area is 235 Å². The molecule has 0 aromatic carbocycles. The summed E-state index contributed by atoms with van der Waals surface area (Å²) in [6.45, 7) is 5.04. The van der Waals surface area contributed by atoms with E-state index < -0.39 is 6.04 Å². The fourth-order valence-corrected chi connectivity index (χ4v) is 4.70. The molecule has 13 heteroatoms. The van der Waals surface area contributed by atoms with Crippen molar-refractivity contribution in [2.24, 2.45) is 5.73 Å². The van der Waals surface area contributed by atoms with E-state index in [1.54, 1.807) is 0 Å². The summed E-state index contributed by atoms with van der Waals surface area (Å²) in [7, 11) is 0. The van der Waals surface area contributed by atoms with Crippen LogP contribution in [0.5, 0.6) is 0 Å². The molecule has 1 unspecified atom stereocenters. The molecule has 0 aromatic rings. The zero-order chi connectivity index (χ0) is 28.6. The number of nitrogens with one attached hydrogen (secondary N) is 1. The first-order valence-electron chi connectivity index (χ1n) is 13.9. The van der Waals surface area contributed by atoms with Gasteiger partial charge in [0.25, 0.3) is 0 Å². The Kier molecular flexibility index (Phi) is 21.9. The maximum Gasteiger partial charge on any atom is 0.301 e. The number of ether oxygens (including phenoxy) is 4. The molecule has 1 heterocycles. The SMILES string of the molecule is NCCCCCNC(=O)CCOCCOCCOCCOCCSC1CC(=O)N(CCCCCC(=O)F)C1=O. The van der Waals surface area contributed by atoms with Gasteiger partial charge in [0, 0.05) is 38.1 Å². The second kappa shape index (κ2) is 24.2. The number of nitrogens with zero attached hydrogens (tertiary/aromatic N) is 1. The van der Waals surface area contributed by atoms with Crippen LogP contribution in [0.1, 0.15) is 57.8 Å². The van der Waals surface area contributed by atoms with E-state index >= 15 is 0 Å². The van der Waals surface area contributed by atoms with Gasteiger partial charge in [0.2, 0.25) is 17.7 Å². The van der Waals surface area contributed by atoms with E-state index in [4.69, 9.17) is 24.7 Å². The minimum Gasteiger partial charge on any atom is -0.379 e. The molecule has 1 atom stereocenters. The van der Waals surface area contributed by atoms with Crippen LogP contribution in [0.25, 0.3) is 0 Å². The van der Waals surface area contributed by atoms with Crippen molar-refractivity contribution in [1.29, 1.82) is 0 Å². The normalized spacial score (nSPS) is 15.3. The van der Waals surface area contributed by atoms with E-state index in [0.29, 0.717) is 104 Å². The average Bonchev–Trinajstić information content (AvgIpc) is 3.17. The molecule has 0 bridgehead atoms. The van der Waals surface area contributed by atoms with E-state index in [1.165, 1.54) is 16.7 Å². The predicted octanol–water partition coefficient (Wildman–Crippen LogP) is 1.61. The molecule has 1 saturated heterocycles. The Morgan fingerprint density at radius 2 is 1.46 bits per heavy atom. The van der Waals surface area contributed by atoms with Crippen molar-refractivity contribution in [2.45, 2.75) is 63.0 Å². The Morgan fingerprint density at radius 3 is 2.10 bits per heavy atom. The summed E-state index contributed by atoms with van der Waals surface area (Å²) >= 11 is 1.41. The Bertz CT molecular complexity index is 704. The number of unbranched alkanes of at least 4 members (excludes halogenated alkanes) is 4. The zero-order valence-electron chi connectivity index (χ0n) is 23.0. The van der Waals surface area contributed by atoms with Gasteiger partial charge in [-0.2, -0.15) is 4.39 Å². The van der Waals surface area contributed by atoms with Gasteiger partial charge in [-0.05, 0) is 32.2 Å². The second-order valence-electron chi connectivity index (χ2n) is 9.01. The number of carbonyl (C=O) groups excluding carboxylic acids is 4. The van der Waals surface area contributed by atoms with Gasteiger partial charge in [-0.3, -0.25) is 24.1 Å². The Morgan fingerprint density at radius 1 is 0.846 bits per heavy atom. The molecule has 0 aromatic heterocycles. The highest BCUT2D eigenvalue weighted by Gasteiger charge is 2.38. The third-order valence-corrected chi connectivity index (χ3v) is 6.97. The van der Waals surface area contributed by atoms with Gasteiger partial charge in [-0.1, -0.05) is 12.8 Å². The molecule has 1 aliphatic rings. The maximum atomic E-state index is 12.4. The number of carbonyl (C=O) groups is 4. The first-order valence-corrected chi connectivity index (χ1v) is 14.9. The van der Waals surface area contributed by atoms with Gasteiger partial charge in [0.1, 0.15) is 0 Å². The molecule has 1 rings (SSSR count). The lowest BCUT2D eigenvalue weighted by Crippen LogP contribution is -2.32. The van der Waals surface area contributed by atoms with Gasteiger partial charge in [0.05, 0.1) is 58.1 Å². The first-order chi connectivity index (χ1) is 19.0. The van der Waals surface area contributed by atoms with E-state index in [-0.39, 0.29) is 35.8 Å². The molecular formula is C26H46FN3O8S. The predicted molar refractivity (Wildman–Crippen MR) is 146 cm³/mol. The monoisotopic (exact) mass is 579 g/mol. The van der Waals surface area contributed by atoms with Gasteiger partial charge < -0.3 is 30.0 Å². The summed E-state index contributed by atoms with van der Waals surface area (Å²) in [5.74, 6) is 0.211. The minimum atomic E-state index is -1.33. The molecular weight excluding hydrogens is 533 g/mol. The third-order valence-electron chi connectivity index (χ3n) is 5.80. The highest BCUT2D eigenvalue weighted by molar-refractivity contribution is 8.00. The number of halogens is 1. The van der Waals surface area contributed by atoms with Crippen LogP contribution in [0, 0.1) is 0 Å². The quantitative estimate of drug-likeness (QED) is 0.0836. The van der Waals surface area contributed by atoms with Crippen molar-refractivity contribution in [2.75, 3.05) is 78.2 Å². The molecule has 3 amide bonds. The summed E-state index contributed by atoms with van der Waals surface area (Å²) in [5, 5.41) is 2.47. The lowest BCUT2D eigenvalue weighted by Gasteiger charge is -2.14. The zero-order valence-corrected chi connectivity index (χ0v) is 23.8. The fourth-order valence-electron chi connectivity index (χ4n) is 3.67. The fraction of sp³-hybridized carbons (Fsp3) is 0.846. The third kappa shape index (κ3) is 19.1. The molecule has 0 saturated carbocycles. The second-order valence-corrected chi connectivity index (χ2v) is 10.3. The van der Waals surface area contributed by atoms with E-state index in [2.05, 4.69) is 5.32 Å². The Hall–Kier alpha value is -1.64. The van der Waals surface area contributed by atoms with Gasteiger partial charge >= 0.3 is 6.04 Å². The van der Waals surface area contributed by atoms with Crippen molar-refractivity contribution in [3.8, 4) is 0 Å².